The zero-order valence-electron chi connectivity index (χ0n) is 1.70. The molecule has 26 valence electrons. The van der Waals surface area contributed by atoms with Crippen LogP contribution in [0.2, 0.25) is 0 Å². The molecule has 0 aliphatic rings. The van der Waals surface area contributed by atoms with E-state index >= 15 is 0 Å². The van der Waals surface area contributed by atoms with Gasteiger partial charge in [0.25, 0.3) is 0 Å². The second-order valence-corrected chi connectivity index (χ2v) is 0. The average Bonchev–Trinajstić information content (AvgIpc) is 1.50. The van der Waals surface area contributed by atoms with E-state index < -0.39 is 0 Å². The molecule has 4 heavy (non-hydrogen) atoms. The van der Waals surface area contributed by atoms with Gasteiger partial charge >= 0.3 is 32.2 Å². The predicted octanol–water partition coefficient (Wildman–Crippen LogP) is -0.621. The zero-order chi connectivity index (χ0) is 4.00. The molecule has 0 aromatic carbocycles. The summed E-state index contributed by atoms with van der Waals surface area (Å²) in [7, 11) is 3.25. The first-order valence-electron chi connectivity index (χ1n) is 0.359. The van der Waals surface area contributed by atoms with Crippen LogP contribution < -0.4 is 0 Å². The SMILES string of the molecule is [B]=O.[O]=[Cu]. The van der Waals surface area contributed by atoms with Gasteiger partial charge in [0.05, 0.1) is 0 Å². The molecule has 1 radical (unpaired) electrons. The first kappa shape index (κ1) is 8.89. The van der Waals surface area contributed by atoms with Crippen molar-refractivity contribution in [2.24, 2.45) is 0 Å². The molecule has 0 saturated carbocycles. The molecule has 0 atom stereocenters. The Bertz CT molecular complexity index is 8.00. The van der Waals surface area contributed by atoms with Crippen molar-refractivity contribution in [1.29, 1.82) is 0 Å². The fraction of sp³-hybridized carbons (Fsp3) is 0. The van der Waals surface area contributed by atoms with Crippen molar-refractivity contribution >= 4 is 7.72 Å². The normalized spacial score (nSPS) is 2.25. The molecule has 4 heteroatoms. The van der Waals surface area contributed by atoms with Crippen molar-refractivity contribution < 1.29 is 24.5 Å². The van der Waals surface area contributed by atoms with Gasteiger partial charge in [0, 0.05) is 0 Å². The summed E-state index contributed by atoms with van der Waals surface area (Å²) < 4.78 is 15.6. The summed E-state index contributed by atoms with van der Waals surface area (Å²) in [5.41, 5.74) is 0. The van der Waals surface area contributed by atoms with E-state index in [2.05, 4.69) is 23.7 Å². The molecule has 0 spiro atoms. The maximum atomic E-state index is 7.81. The predicted molar refractivity (Wildman–Crippen MR) is 7.13 cm³/mol. The number of hydrogen-bond donors (Lipinski definition) is 0. The van der Waals surface area contributed by atoms with Gasteiger partial charge < -0.3 is 0 Å². The van der Waals surface area contributed by atoms with Crippen molar-refractivity contribution in [1.82, 2.24) is 0 Å². The standard InChI is InChI=1S/BO.Cu.O/c1-2;;. The molecule has 0 saturated heterocycles. The van der Waals surface area contributed by atoms with Gasteiger partial charge in [0.2, 0.25) is 0 Å². The fourth-order valence-electron chi connectivity index (χ4n) is 0. The van der Waals surface area contributed by atoms with Gasteiger partial charge in [-0.25, -0.2) is 0 Å². The minimum absolute atomic E-state index is 2.94. The van der Waals surface area contributed by atoms with Crippen LogP contribution in [0.15, 0.2) is 0 Å². The Morgan fingerprint density at radius 2 is 1.25 bits per heavy atom. The molecular formula is BCuO2. The van der Waals surface area contributed by atoms with Crippen molar-refractivity contribution in [3.05, 3.63) is 0 Å². The van der Waals surface area contributed by atoms with E-state index in [0.717, 1.165) is 0 Å². The quantitative estimate of drug-likeness (QED) is 0.386. The Labute approximate surface area is 33.0 Å². The molecule has 0 fully saturated rings. The molecule has 0 amide bonds. The Kier molecular flexibility index (Phi) is 993. The van der Waals surface area contributed by atoms with Crippen LogP contribution in [0.1, 0.15) is 0 Å². The molecule has 0 aliphatic heterocycles. The average molecular weight is 106 g/mol. The third-order valence-electron chi connectivity index (χ3n) is 0. The minimum atomic E-state index is 2.94. The number of hydrogen-bond acceptors (Lipinski definition) is 2. The van der Waals surface area contributed by atoms with E-state index in [1.54, 1.807) is 0 Å². The molecule has 0 N–H and O–H groups in total. The van der Waals surface area contributed by atoms with Crippen LogP contribution in [0, 0.1) is 0 Å². The molecule has 0 aromatic rings. The first-order chi connectivity index (χ1) is 2.00. The van der Waals surface area contributed by atoms with Crippen LogP contribution in [0.25, 0.3) is 0 Å². The third-order valence-corrected chi connectivity index (χ3v) is 0. The second-order valence-electron chi connectivity index (χ2n) is 0. The van der Waals surface area contributed by atoms with E-state index in [1.807, 2.05) is 0 Å². The van der Waals surface area contributed by atoms with Crippen molar-refractivity contribution in [2.75, 3.05) is 0 Å². The summed E-state index contributed by atoms with van der Waals surface area (Å²) >= 11 is 2.94. The first-order valence-corrected chi connectivity index (χ1v) is 0.743. The van der Waals surface area contributed by atoms with Gasteiger partial charge in [0.15, 0.2) is 0 Å². The third kappa shape index (κ3) is 90.1. The van der Waals surface area contributed by atoms with Crippen LogP contribution in [0.4, 0.5) is 0 Å². The second kappa shape index (κ2) is 447. The molecule has 0 heterocycles. The van der Waals surface area contributed by atoms with E-state index in [0.29, 0.717) is 0 Å². The Morgan fingerprint density at radius 1 is 1.25 bits per heavy atom. The van der Waals surface area contributed by atoms with Gasteiger partial charge in [-0.2, -0.15) is 0 Å². The van der Waals surface area contributed by atoms with Crippen molar-refractivity contribution in [2.45, 2.75) is 0 Å². The van der Waals surface area contributed by atoms with Gasteiger partial charge in [-0.3, -0.25) is 0 Å². The van der Waals surface area contributed by atoms with Crippen LogP contribution >= 0.6 is 0 Å². The van der Waals surface area contributed by atoms with E-state index in [-0.39, 0.29) is 0 Å². The Morgan fingerprint density at radius 3 is 1.25 bits per heavy atom. The topological polar surface area (TPSA) is 34.1 Å². The Balaban J connectivity index is 0. The molecule has 0 rings (SSSR count). The fourth-order valence-corrected chi connectivity index (χ4v) is 0. The molecule has 0 aliphatic carbocycles. The molecular weight excluding hydrogens is 106 g/mol. The number of rotatable bonds is 0. The summed E-state index contributed by atoms with van der Waals surface area (Å²) in [5, 5.41) is 0. The van der Waals surface area contributed by atoms with E-state index in [1.165, 1.54) is 0 Å². The van der Waals surface area contributed by atoms with Crippen LogP contribution in [-0.4, -0.2) is 7.72 Å². The van der Waals surface area contributed by atoms with Crippen LogP contribution in [0.5, 0.6) is 0 Å². The van der Waals surface area contributed by atoms with Gasteiger partial charge in [-0.05, 0) is 0 Å². The maximum absolute atomic E-state index is 7.81. The Hall–Kier alpha value is 0.184. The van der Waals surface area contributed by atoms with Crippen LogP contribution in [-0.2, 0) is 24.5 Å². The van der Waals surface area contributed by atoms with Crippen molar-refractivity contribution in [3.8, 4) is 0 Å². The summed E-state index contributed by atoms with van der Waals surface area (Å²) in [6.45, 7) is 0. The molecule has 0 unspecified atom stereocenters. The molecule has 0 bridgehead atoms. The van der Waals surface area contributed by atoms with Crippen molar-refractivity contribution in [3.63, 3.8) is 0 Å². The van der Waals surface area contributed by atoms with Gasteiger partial charge in [0.1, 0.15) is 0 Å². The summed E-state index contributed by atoms with van der Waals surface area (Å²) in [6, 6.07) is 0. The summed E-state index contributed by atoms with van der Waals surface area (Å²) in [6.07, 6.45) is 0. The van der Waals surface area contributed by atoms with E-state index in [4.69, 9.17) is 8.54 Å². The summed E-state index contributed by atoms with van der Waals surface area (Å²) in [4.78, 5) is 0. The monoisotopic (exact) mass is 106 g/mol. The van der Waals surface area contributed by atoms with E-state index in [9.17, 15) is 0 Å². The van der Waals surface area contributed by atoms with Crippen LogP contribution in [0.3, 0.4) is 0 Å². The summed E-state index contributed by atoms with van der Waals surface area (Å²) in [5.74, 6) is 0. The zero-order valence-corrected chi connectivity index (χ0v) is 2.64. The molecule has 0 aromatic heterocycles. The molecule has 2 nitrogen and oxygen atoms in total. The van der Waals surface area contributed by atoms with Gasteiger partial charge in [-0.1, -0.05) is 0 Å². The van der Waals surface area contributed by atoms with Gasteiger partial charge in [-0.15, -0.1) is 0 Å².